The van der Waals surface area contributed by atoms with E-state index in [2.05, 4.69) is 38.2 Å². The molecule has 0 radical (unpaired) electrons. The van der Waals surface area contributed by atoms with Crippen LogP contribution in [0.2, 0.25) is 5.02 Å². The Labute approximate surface area is 122 Å². The Bertz CT molecular complexity index is 404. The van der Waals surface area contributed by atoms with E-state index >= 15 is 0 Å². The van der Waals surface area contributed by atoms with Gasteiger partial charge in [-0.25, -0.2) is 0 Å². The summed E-state index contributed by atoms with van der Waals surface area (Å²) < 4.78 is 0. The van der Waals surface area contributed by atoms with Crippen LogP contribution in [0.4, 0.5) is 0 Å². The third-order valence-corrected chi connectivity index (χ3v) is 4.93. The van der Waals surface area contributed by atoms with Gasteiger partial charge in [-0.3, -0.25) is 0 Å². The van der Waals surface area contributed by atoms with Crippen molar-refractivity contribution in [2.24, 2.45) is 11.8 Å². The summed E-state index contributed by atoms with van der Waals surface area (Å²) in [6.45, 7) is 7.02. The maximum absolute atomic E-state index is 6.10. The molecule has 4 unspecified atom stereocenters. The SMILES string of the molecule is CCC(NC1CCC(C)C(C)C1)c1cccc(Cl)c1. The first-order valence-corrected chi connectivity index (χ1v) is 7.99. The monoisotopic (exact) mass is 279 g/mol. The lowest BCUT2D eigenvalue weighted by Crippen LogP contribution is -2.38. The average molecular weight is 280 g/mol. The van der Waals surface area contributed by atoms with Crippen LogP contribution in [0.3, 0.4) is 0 Å². The predicted octanol–water partition coefficient (Wildman–Crippen LogP) is 5.21. The van der Waals surface area contributed by atoms with E-state index in [1.807, 2.05) is 12.1 Å². The van der Waals surface area contributed by atoms with Crippen molar-refractivity contribution in [2.45, 2.75) is 58.5 Å². The van der Waals surface area contributed by atoms with Crippen LogP contribution >= 0.6 is 11.6 Å². The molecule has 2 heteroatoms. The third kappa shape index (κ3) is 3.97. The molecule has 1 fully saturated rings. The molecule has 1 aromatic rings. The second-order valence-corrected chi connectivity index (χ2v) is 6.58. The molecule has 1 nitrogen and oxygen atoms in total. The largest absolute Gasteiger partial charge is 0.307 e. The molecule has 106 valence electrons. The normalized spacial score (nSPS) is 29.2. The Balaban J connectivity index is 1.99. The first-order valence-electron chi connectivity index (χ1n) is 7.61. The molecule has 1 aromatic carbocycles. The van der Waals surface area contributed by atoms with Gasteiger partial charge in [0.05, 0.1) is 0 Å². The van der Waals surface area contributed by atoms with Crippen LogP contribution < -0.4 is 5.32 Å². The molecule has 0 spiro atoms. The Hall–Kier alpha value is -0.530. The van der Waals surface area contributed by atoms with Gasteiger partial charge in [0.25, 0.3) is 0 Å². The van der Waals surface area contributed by atoms with Gasteiger partial charge < -0.3 is 5.32 Å². The summed E-state index contributed by atoms with van der Waals surface area (Å²) in [5.41, 5.74) is 1.32. The quantitative estimate of drug-likeness (QED) is 0.798. The van der Waals surface area contributed by atoms with E-state index in [1.54, 1.807) is 0 Å². The highest BCUT2D eigenvalue weighted by atomic mass is 35.5. The van der Waals surface area contributed by atoms with E-state index in [-0.39, 0.29) is 0 Å². The van der Waals surface area contributed by atoms with Crippen molar-refractivity contribution in [1.29, 1.82) is 0 Å². The minimum atomic E-state index is 0.435. The molecule has 0 aromatic heterocycles. The molecular weight excluding hydrogens is 254 g/mol. The van der Waals surface area contributed by atoms with E-state index in [0.29, 0.717) is 12.1 Å². The molecule has 2 rings (SSSR count). The summed E-state index contributed by atoms with van der Waals surface area (Å²) in [5, 5.41) is 4.68. The standard InChI is InChI=1S/C17H26ClN/c1-4-17(14-6-5-7-15(18)11-14)19-16-9-8-12(2)13(3)10-16/h5-7,11-13,16-17,19H,4,8-10H2,1-3H3. The van der Waals surface area contributed by atoms with E-state index in [0.717, 1.165) is 23.3 Å². The van der Waals surface area contributed by atoms with Crippen molar-refractivity contribution in [1.82, 2.24) is 5.32 Å². The summed E-state index contributed by atoms with van der Waals surface area (Å²) in [6, 6.07) is 9.37. The van der Waals surface area contributed by atoms with E-state index < -0.39 is 0 Å². The topological polar surface area (TPSA) is 12.0 Å². The number of benzene rings is 1. The smallest absolute Gasteiger partial charge is 0.0409 e. The van der Waals surface area contributed by atoms with Crippen molar-refractivity contribution in [2.75, 3.05) is 0 Å². The minimum absolute atomic E-state index is 0.435. The van der Waals surface area contributed by atoms with Crippen LogP contribution in [0.1, 0.15) is 58.1 Å². The Kier molecular flexibility index (Phi) is 5.29. The fourth-order valence-corrected chi connectivity index (χ4v) is 3.36. The average Bonchev–Trinajstić information content (AvgIpc) is 2.40. The summed E-state index contributed by atoms with van der Waals surface area (Å²) in [5.74, 6) is 1.72. The number of hydrogen-bond donors (Lipinski definition) is 1. The number of hydrogen-bond acceptors (Lipinski definition) is 1. The molecule has 4 atom stereocenters. The molecule has 0 aliphatic heterocycles. The zero-order valence-corrected chi connectivity index (χ0v) is 13.1. The van der Waals surface area contributed by atoms with Gasteiger partial charge in [0, 0.05) is 17.1 Å². The number of rotatable bonds is 4. The molecule has 0 amide bonds. The zero-order chi connectivity index (χ0) is 13.8. The van der Waals surface area contributed by atoms with E-state index in [1.165, 1.54) is 24.8 Å². The van der Waals surface area contributed by atoms with Crippen molar-refractivity contribution < 1.29 is 0 Å². The molecule has 0 saturated heterocycles. The highest BCUT2D eigenvalue weighted by Crippen LogP contribution is 2.31. The first kappa shape index (κ1) is 14.9. The summed E-state index contributed by atoms with van der Waals surface area (Å²) >= 11 is 6.10. The maximum atomic E-state index is 6.10. The minimum Gasteiger partial charge on any atom is -0.307 e. The fraction of sp³-hybridized carbons (Fsp3) is 0.647. The van der Waals surface area contributed by atoms with Crippen LogP contribution in [-0.4, -0.2) is 6.04 Å². The molecule has 1 saturated carbocycles. The Morgan fingerprint density at radius 1 is 1.26 bits per heavy atom. The van der Waals surface area contributed by atoms with Gasteiger partial charge in [-0.15, -0.1) is 0 Å². The van der Waals surface area contributed by atoms with Crippen LogP contribution in [0, 0.1) is 11.8 Å². The molecule has 1 aliphatic rings. The molecule has 1 N–H and O–H groups in total. The molecule has 0 heterocycles. The van der Waals surface area contributed by atoms with Gasteiger partial charge in [0.2, 0.25) is 0 Å². The van der Waals surface area contributed by atoms with Crippen molar-refractivity contribution in [3.63, 3.8) is 0 Å². The van der Waals surface area contributed by atoms with Gasteiger partial charge in [-0.1, -0.05) is 44.5 Å². The van der Waals surface area contributed by atoms with Crippen LogP contribution in [0.5, 0.6) is 0 Å². The van der Waals surface area contributed by atoms with Crippen molar-refractivity contribution >= 4 is 11.6 Å². The second kappa shape index (κ2) is 6.76. The first-order chi connectivity index (χ1) is 9.10. The molecule has 19 heavy (non-hydrogen) atoms. The number of halogens is 1. The number of nitrogens with one attached hydrogen (secondary N) is 1. The molecule has 0 bridgehead atoms. The van der Waals surface area contributed by atoms with E-state index in [9.17, 15) is 0 Å². The Morgan fingerprint density at radius 2 is 2.05 bits per heavy atom. The fourth-order valence-electron chi connectivity index (χ4n) is 3.16. The second-order valence-electron chi connectivity index (χ2n) is 6.15. The van der Waals surface area contributed by atoms with Gasteiger partial charge >= 0.3 is 0 Å². The highest BCUT2D eigenvalue weighted by molar-refractivity contribution is 6.30. The lowest BCUT2D eigenvalue weighted by Gasteiger charge is -2.35. The third-order valence-electron chi connectivity index (χ3n) is 4.69. The van der Waals surface area contributed by atoms with Gasteiger partial charge in [0.1, 0.15) is 0 Å². The predicted molar refractivity (Wildman–Crippen MR) is 83.6 cm³/mol. The highest BCUT2D eigenvalue weighted by Gasteiger charge is 2.26. The molecule has 1 aliphatic carbocycles. The van der Waals surface area contributed by atoms with Gasteiger partial charge in [0.15, 0.2) is 0 Å². The van der Waals surface area contributed by atoms with Crippen LogP contribution in [-0.2, 0) is 0 Å². The van der Waals surface area contributed by atoms with Gasteiger partial charge in [-0.2, -0.15) is 0 Å². The lowest BCUT2D eigenvalue weighted by atomic mass is 9.79. The Morgan fingerprint density at radius 3 is 2.68 bits per heavy atom. The zero-order valence-electron chi connectivity index (χ0n) is 12.3. The van der Waals surface area contributed by atoms with Crippen molar-refractivity contribution in [3.05, 3.63) is 34.9 Å². The lowest BCUT2D eigenvalue weighted by molar-refractivity contribution is 0.214. The maximum Gasteiger partial charge on any atom is 0.0409 e. The van der Waals surface area contributed by atoms with E-state index in [4.69, 9.17) is 11.6 Å². The van der Waals surface area contributed by atoms with Crippen LogP contribution in [0.15, 0.2) is 24.3 Å². The van der Waals surface area contributed by atoms with Gasteiger partial charge in [-0.05, 0) is 55.2 Å². The van der Waals surface area contributed by atoms with Crippen LogP contribution in [0.25, 0.3) is 0 Å². The summed E-state index contributed by atoms with van der Waals surface area (Å²) in [7, 11) is 0. The van der Waals surface area contributed by atoms with Crippen molar-refractivity contribution in [3.8, 4) is 0 Å². The summed E-state index contributed by atoms with van der Waals surface area (Å²) in [4.78, 5) is 0. The summed E-state index contributed by atoms with van der Waals surface area (Å²) in [6.07, 6.45) is 5.08. The molecular formula is C17H26ClN.